The zero-order valence-corrected chi connectivity index (χ0v) is 17.5. The number of methoxy groups -OCH3 is 2. The molecule has 30 heavy (non-hydrogen) atoms. The molecule has 4 rings (SSSR count). The summed E-state index contributed by atoms with van der Waals surface area (Å²) in [7, 11) is 3.24. The topological polar surface area (TPSA) is 81.0 Å². The summed E-state index contributed by atoms with van der Waals surface area (Å²) in [4.78, 5) is 27.8. The van der Waals surface area contributed by atoms with Gasteiger partial charge in [0.15, 0.2) is 5.76 Å². The van der Waals surface area contributed by atoms with Gasteiger partial charge >= 0.3 is 0 Å². The Morgan fingerprint density at radius 1 is 1.17 bits per heavy atom. The second-order valence-electron chi connectivity index (χ2n) is 6.86. The number of likely N-dealkylation sites (tertiary alicyclic amines) is 1. The summed E-state index contributed by atoms with van der Waals surface area (Å²) in [6.07, 6.45) is 3.20. The SMILES string of the molecule is COc1ccc(OC)c(C2CCCN2C(=O)c2ccc(NC(=O)c3ccco3)s2)c1. The normalized spacial score (nSPS) is 15.8. The van der Waals surface area contributed by atoms with Gasteiger partial charge in [-0.25, -0.2) is 0 Å². The van der Waals surface area contributed by atoms with Crippen molar-refractivity contribution in [1.29, 1.82) is 0 Å². The lowest BCUT2D eigenvalue weighted by Gasteiger charge is -2.26. The average Bonchev–Trinajstić information content (AvgIpc) is 3.54. The van der Waals surface area contributed by atoms with Gasteiger partial charge in [-0.2, -0.15) is 0 Å². The highest BCUT2D eigenvalue weighted by molar-refractivity contribution is 7.18. The number of carbonyl (C=O) groups excluding carboxylic acids is 2. The lowest BCUT2D eigenvalue weighted by Crippen LogP contribution is -2.30. The highest BCUT2D eigenvalue weighted by Crippen LogP contribution is 2.40. The minimum atomic E-state index is -0.346. The van der Waals surface area contributed by atoms with Crippen molar-refractivity contribution in [3.05, 3.63) is 64.9 Å². The molecule has 3 heterocycles. The van der Waals surface area contributed by atoms with Crippen molar-refractivity contribution < 1.29 is 23.5 Å². The summed E-state index contributed by atoms with van der Waals surface area (Å²) in [5, 5.41) is 3.36. The number of rotatable bonds is 6. The molecule has 1 fully saturated rings. The Morgan fingerprint density at radius 3 is 2.77 bits per heavy atom. The van der Waals surface area contributed by atoms with Gasteiger partial charge in [-0.1, -0.05) is 0 Å². The molecule has 2 aromatic heterocycles. The Morgan fingerprint density at radius 2 is 2.03 bits per heavy atom. The number of nitrogens with one attached hydrogen (secondary N) is 1. The Kier molecular flexibility index (Phi) is 5.76. The van der Waals surface area contributed by atoms with Crippen molar-refractivity contribution in [2.24, 2.45) is 0 Å². The second-order valence-corrected chi connectivity index (χ2v) is 7.94. The highest BCUT2D eigenvalue weighted by atomic mass is 32.1. The number of carbonyl (C=O) groups is 2. The minimum Gasteiger partial charge on any atom is -0.497 e. The van der Waals surface area contributed by atoms with Crippen molar-refractivity contribution in [2.75, 3.05) is 26.1 Å². The fourth-order valence-corrected chi connectivity index (χ4v) is 4.53. The van der Waals surface area contributed by atoms with Gasteiger partial charge in [0.25, 0.3) is 11.8 Å². The van der Waals surface area contributed by atoms with Crippen LogP contribution in [0.5, 0.6) is 11.5 Å². The third-order valence-electron chi connectivity index (χ3n) is 5.11. The fourth-order valence-electron chi connectivity index (χ4n) is 3.68. The lowest BCUT2D eigenvalue weighted by molar-refractivity contribution is 0.0738. The second kappa shape index (κ2) is 8.62. The van der Waals surface area contributed by atoms with Crippen LogP contribution < -0.4 is 14.8 Å². The van der Waals surface area contributed by atoms with Crippen LogP contribution in [0.3, 0.4) is 0 Å². The van der Waals surface area contributed by atoms with Crippen LogP contribution in [-0.2, 0) is 0 Å². The molecule has 0 radical (unpaired) electrons. The van der Waals surface area contributed by atoms with Crippen molar-refractivity contribution in [1.82, 2.24) is 4.90 Å². The molecular weight excluding hydrogens is 404 g/mol. The minimum absolute atomic E-state index is 0.0640. The van der Waals surface area contributed by atoms with Gasteiger partial charge in [0.05, 0.1) is 36.4 Å². The third kappa shape index (κ3) is 3.91. The number of ether oxygens (including phenoxy) is 2. The zero-order chi connectivity index (χ0) is 21.1. The van der Waals surface area contributed by atoms with Gasteiger partial charge in [0, 0.05) is 12.1 Å². The maximum Gasteiger partial charge on any atom is 0.291 e. The van der Waals surface area contributed by atoms with Crippen molar-refractivity contribution in [2.45, 2.75) is 18.9 Å². The summed E-state index contributed by atoms with van der Waals surface area (Å²) in [6.45, 7) is 0.663. The lowest BCUT2D eigenvalue weighted by atomic mass is 10.0. The average molecular weight is 426 g/mol. The quantitative estimate of drug-likeness (QED) is 0.624. The van der Waals surface area contributed by atoms with E-state index in [9.17, 15) is 9.59 Å². The van der Waals surface area contributed by atoms with Crippen LogP contribution in [0, 0.1) is 0 Å². The molecule has 0 aliphatic carbocycles. The zero-order valence-electron chi connectivity index (χ0n) is 16.7. The monoisotopic (exact) mass is 426 g/mol. The molecular formula is C22H22N2O5S. The number of thiophene rings is 1. The molecule has 1 unspecified atom stereocenters. The fraction of sp³-hybridized carbons (Fsp3) is 0.273. The van der Waals surface area contributed by atoms with Crippen molar-refractivity contribution in [3.63, 3.8) is 0 Å². The van der Waals surface area contributed by atoms with E-state index in [-0.39, 0.29) is 23.6 Å². The highest BCUT2D eigenvalue weighted by Gasteiger charge is 2.33. The molecule has 3 aromatic rings. The summed E-state index contributed by atoms with van der Waals surface area (Å²) in [6, 6.07) is 12.3. The predicted molar refractivity (Wildman–Crippen MR) is 114 cm³/mol. The third-order valence-corrected chi connectivity index (χ3v) is 6.10. The first-order valence-corrected chi connectivity index (χ1v) is 10.4. The maximum atomic E-state index is 13.2. The Bertz CT molecular complexity index is 1040. The molecule has 1 saturated heterocycles. The molecule has 0 saturated carbocycles. The number of benzene rings is 1. The first kappa shape index (κ1) is 20.0. The molecule has 1 atom stereocenters. The Labute approximate surface area is 178 Å². The number of anilines is 1. The molecule has 7 nitrogen and oxygen atoms in total. The van der Waals surface area contributed by atoms with Crippen molar-refractivity contribution >= 4 is 28.2 Å². The molecule has 2 amide bonds. The molecule has 0 bridgehead atoms. The summed E-state index contributed by atoms with van der Waals surface area (Å²) in [5.74, 6) is 1.27. The van der Waals surface area contributed by atoms with E-state index >= 15 is 0 Å². The van der Waals surface area contributed by atoms with E-state index in [1.807, 2.05) is 23.1 Å². The molecule has 1 aliphatic rings. The maximum absolute atomic E-state index is 13.2. The van der Waals surface area contributed by atoms with Crippen LogP contribution >= 0.6 is 11.3 Å². The van der Waals surface area contributed by atoms with Crippen LogP contribution in [0.4, 0.5) is 5.00 Å². The van der Waals surface area contributed by atoms with E-state index in [0.717, 1.165) is 29.9 Å². The molecule has 8 heteroatoms. The molecule has 1 aliphatic heterocycles. The number of amides is 2. The van der Waals surface area contributed by atoms with E-state index in [2.05, 4.69) is 5.32 Å². The van der Waals surface area contributed by atoms with Gasteiger partial charge < -0.3 is 24.1 Å². The van der Waals surface area contributed by atoms with Gasteiger partial charge in [-0.05, 0) is 55.3 Å². The van der Waals surface area contributed by atoms with Gasteiger partial charge in [0.1, 0.15) is 11.5 Å². The van der Waals surface area contributed by atoms with Crippen molar-refractivity contribution in [3.8, 4) is 11.5 Å². The van der Waals surface area contributed by atoms with Gasteiger partial charge in [-0.15, -0.1) is 11.3 Å². The standard InChI is InChI=1S/C22H22N2O5S/c1-27-14-7-8-17(28-2)15(13-14)16-5-3-11-24(16)22(26)19-9-10-20(30-19)23-21(25)18-6-4-12-29-18/h4,6-10,12-13,16H,3,5,11H2,1-2H3,(H,23,25). The first-order valence-electron chi connectivity index (χ1n) is 9.58. The van der Waals surface area contributed by atoms with E-state index in [0.29, 0.717) is 16.4 Å². The predicted octanol–water partition coefficient (Wildman–Crippen LogP) is 4.59. The van der Waals surface area contributed by atoms with Crippen LogP contribution in [0.1, 0.15) is 44.7 Å². The Balaban J connectivity index is 1.53. The molecule has 1 N–H and O–H groups in total. The van der Waals surface area contributed by atoms with Crippen LogP contribution in [0.25, 0.3) is 0 Å². The smallest absolute Gasteiger partial charge is 0.291 e. The van der Waals surface area contributed by atoms with E-state index in [4.69, 9.17) is 13.9 Å². The summed E-state index contributed by atoms with van der Waals surface area (Å²) >= 11 is 1.25. The van der Waals surface area contributed by atoms with Gasteiger partial charge in [0.2, 0.25) is 0 Å². The van der Waals surface area contributed by atoms with Crippen LogP contribution in [-0.4, -0.2) is 37.5 Å². The van der Waals surface area contributed by atoms with E-state index < -0.39 is 0 Å². The number of hydrogen-bond donors (Lipinski definition) is 1. The Hall–Kier alpha value is -3.26. The number of hydrogen-bond acceptors (Lipinski definition) is 6. The summed E-state index contributed by atoms with van der Waals surface area (Å²) in [5.41, 5.74) is 0.936. The van der Waals surface area contributed by atoms with Gasteiger partial charge in [-0.3, -0.25) is 9.59 Å². The number of furan rings is 1. The van der Waals surface area contributed by atoms with E-state index in [1.54, 1.807) is 38.5 Å². The molecule has 156 valence electrons. The molecule has 0 spiro atoms. The number of nitrogens with zero attached hydrogens (tertiary/aromatic N) is 1. The summed E-state index contributed by atoms with van der Waals surface area (Å²) < 4.78 is 16.0. The van der Waals surface area contributed by atoms with Crippen LogP contribution in [0.2, 0.25) is 0 Å². The molecule has 1 aromatic carbocycles. The first-order chi connectivity index (χ1) is 14.6. The largest absolute Gasteiger partial charge is 0.497 e. The van der Waals surface area contributed by atoms with E-state index in [1.165, 1.54) is 17.6 Å². The van der Waals surface area contributed by atoms with Crippen LogP contribution in [0.15, 0.2) is 53.1 Å².